The maximum Gasteiger partial charge on any atom is 0.331 e. The predicted octanol–water partition coefficient (Wildman–Crippen LogP) is 0.0189. The number of hydrogen-bond donors (Lipinski definition) is 2. The monoisotopic (exact) mass is 263 g/mol. The molecule has 0 aromatic carbocycles. The molecule has 1 unspecified atom stereocenters. The number of anilines is 1. The summed E-state index contributed by atoms with van der Waals surface area (Å²) in [4.78, 5) is 19.7. The van der Waals surface area contributed by atoms with Crippen molar-refractivity contribution in [2.45, 2.75) is 12.0 Å². The van der Waals surface area contributed by atoms with Crippen molar-refractivity contribution in [1.29, 1.82) is 0 Å². The third kappa shape index (κ3) is 1.80. The average Bonchev–Trinajstić information content (AvgIpc) is 2.99. The van der Waals surface area contributed by atoms with Gasteiger partial charge in [0, 0.05) is 20.1 Å². The second-order valence-electron chi connectivity index (χ2n) is 4.54. The van der Waals surface area contributed by atoms with Crippen LogP contribution in [0.15, 0.2) is 12.5 Å². The number of nitrogens with zero attached hydrogens (tertiary/aromatic N) is 4. The largest absolute Gasteiger partial charge is 0.479 e. The highest BCUT2D eigenvalue weighted by molar-refractivity contribution is 5.90. The molecule has 0 saturated carbocycles. The van der Waals surface area contributed by atoms with E-state index in [1.54, 1.807) is 17.9 Å². The van der Waals surface area contributed by atoms with E-state index in [2.05, 4.69) is 20.4 Å². The maximum absolute atomic E-state index is 11.5. The molecule has 0 radical (unpaired) electrons. The fourth-order valence-electron chi connectivity index (χ4n) is 2.17. The Morgan fingerprint density at radius 2 is 2.42 bits per heavy atom. The molecule has 19 heavy (non-hydrogen) atoms. The first kappa shape index (κ1) is 11.8. The van der Waals surface area contributed by atoms with Gasteiger partial charge in [0.1, 0.15) is 12.1 Å². The molecule has 1 aliphatic rings. The van der Waals surface area contributed by atoms with E-state index in [9.17, 15) is 9.90 Å². The zero-order valence-corrected chi connectivity index (χ0v) is 10.3. The van der Waals surface area contributed by atoms with Crippen molar-refractivity contribution in [3.05, 3.63) is 12.5 Å². The van der Waals surface area contributed by atoms with E-state index in [1.807, 2.05) is 0 Å². The number of carbonyl (C=O) groups is 1. The summed E-state index contributed by atoms with van der Waals surface area (Å²) in [6.07, 6.45) is 3.40. The summed E-state index contributed by atoms with van der Waals surface area (Å²) in [6.45, 7) is 0.536. The molecular weight excluding hydrogens is 250 g/mol. The third-order valence-electron chi connectivity index (χ3n) is 3.32. The summed E-state index contributed by atoms with van der Waals surface area (Å²) in [5.74, 6) is -0.480. The van der Waals surface area contributed by atoms with Gasteiger partial charge in [-0.05, 0) is 0 Å². The topological polar surface area (TPSA) is 102 Å². The van der Waals surface area contributed by atoms with Crippen LogP contribution in [-0.2, 0) is 16.6 Å². The Labute approximate surface area is 108 Å². The number of carboxylic acid groups (broad SMARTS) is 1. The highest BCUT2D eigenvalue weighted by Crippen LogP contribution is 2.27. The molecule has 0 amide bonds. The van der Waals surface area contributed by atoms with Gasteiger partial charge in [0.15, 0.2) is 11.2 Å². The number of aromatic nitrogens is 4. The second kappa shape index (κ2) is 4.16. The summed E-state index contributed by atoms with van der Waals surface area (Å²) in [5.41, 5.74) is -0.478. The molecule has 0 bridgehead atoms. The lowest BCUT2D eigenvalue weighted by molar-refractivity contribution is -0.142. The molecule has 0 spiro atoms. The summed E-state index contributed by atoms with van der Waals surface area (Å²) in [5, 5.41) is 17.2. The Kier molecular flexibility index (Phi) is 2.59. The van der Waals surface area contributed by atoms with E-state index >= 15 is 0 Å². The Morgan fingerprint density at radius 3 is 3.11 bits per heavy atom. The Hall–Kier alpha value is -2.22. The van der Waals surface area contributed by atoms with Gasteiger partial charge in [0.25, 0.3) is 0 Å². The number of ether oxygens (including phenoxy) is 1. The number of aryl methyl sites for hydroxylation is 1. The van der Waals surface area contributed by atoms with Gasteiger partial charge >= 0.3 is 5.97 Å². The molecule has 2 aromatic heterocycles. The highest BCUT2D eigenvalue weighted by atomic mass is 16.5. The lowest BCUT2D eigenvalue weighted by Crippen LogP contribution is -2.47. The minimum absolute atomic E-state index is 0.119. The van der Waals surface area contributed by atoms with E-state index in [0.717, 1.165) is 0 Å². The molecule has 3 heterocycles. The Morgan fingerprint density at radius 1 is 1.58 bits per heavy atom. The summed E-state index contributed by atoms with van der Waals surface area (Å²) in [7, 11) is 1.77. The molecule has 8 heteroatoms. The molecule has 1 aliphatic heterocycles. The minimum atomic E-state index is -1.13. The summed E-state index contributed by atoms with van der Waals surface area (Å²) >= 11 is 0. The first-order valence-electron chi connectivity index (χ1n) is 5.84. The normalized spacial score (nSPS) is 22.8. The van der Waals surface area contributed by atoms with Crippen LogP contribution in [0, 0.1) is 0 Å². The van der Waals surface area contributed by atoms with Gasteiger partial charge < -0.3 is 15.2 Å². The molecule has 2 N–H and O–H groups in total. The van der Waals surface area contributed by atoms with Crippen molar-refractivity contribution < 1.29 is 14.6 Å². The first-order valence-corrected chi connectivity index (χ1v) is 5.84. The smallest absolute Gasteiger partial charge is 0.331 e. The molecule has 100 valence electrons. The van der Waals surface area contributed by atoms with Crippen molar-refractivity contribution in [2.24, 2.45) is 7.05 Å². The average molecular weight is 263 g/mol. The lowest BCUT2D eigenvalue weighted by Gasteiger charge is -2.24. The quantitative estimate of drug-likeness (QED) is 0.804. The zero-order valence-electron chi connectivity index (χ0n) is 10.3. The zero-order chi connectivity index (χ0) is 13.5. The fourth-order valence-corrected chi connectivity index (χ4v) is 2.17. The van der Waals surface area contributed by atoms with Crippen LogP contribution >= 0.6 is 0 Å². The maximum atomic E-state index is 11.5. The summed E-state index contributed by atoms with van der Waals surface area (Å²) in [6, 6.07) is 0. The van der Waals surface area contributed by atoms with Crippen LogP contribution in [0.4, 0.5) is 5.82 Å². The Bertz CT molecular complexity index is 632. The van der Waals surface area contributed by atoms with Crippen LogP contribution in [0.3, 0.4) is 0 Å². The van der Waals surface area contributed by atoms with Crippen LogP contribution in [0.25, 0.3) is 11.0 Å². The van der Waals surface area contributed by atoms with E-state index in [1.165, 1.54) is 6.33 Å². The van der Waals surface area contributed by atoms with Gasteiger partial charge in [0.05, 0.1) is 18.2 Å². The molecule has 0 aliphatic carbocycles. The molecule has 2 aromatic rings. The summed E-state index contributed by atoms with van der Waals surface area (Å²) < 4.78 is 6.82. The second-order valence-corrected chi connectivity index (χ2v) is 4.54. The van der Waals surface area contributed by atoms with Crippen molar-refractivity contribution in [3.63, 3.8) is 0 Å². The predicted molar refractivity (Wildman–Crippen MR) is 65.7 cm³/mol. The molecule has 1 fully saturated rings. The van der Waals surface area contributed by atoms with Gasteiger partial charge in [-0.2, -0.15) is 5.10 Å². The van der Waals surface area contributed by atoms with Crippen LogP contribution in [0.2, 0.25) is 0 Å². The van der Waals surface area contributed by atoms with Gasteiger partial charge in [-0.15, -0.1) is 0 Å². The van der Waals surface area contributed by atoms with Crippen molar-refractivity contribution in [2.75, 3.05) is 18.5 Å². The van der Waals surface area contributed by atoms with Crippen molar-refractivity contribution >= 4 is 22.8 Å². The Balaban J connectivity index is 2.03. The lowest BCUT2D eigenvalue weighted by atomic mass is 9.99. The van der Waals surface area contributed by atoms with E-state index in [4.69, 9.17) is 4.74 Å². The van der Waals surface area contributed by atoms with Gasteiger partial charge in [-0.1, -0.05) is 0 Å². The molecule has 1 saturated heterocycles. The minimum Gasteiger partial charge on any atom is -0.479 e. The first-order chi connectivity index (χ1) is 9.12. The van der Waals surface area contributed by atoms with Gasteiger partial charge in [-0.25, -0.2) is 14.8 Å². The highest BCUT2D eigenvalue weighted by Gasteiger charge is 2.43. The van der Waals surface area contributed by atoms with Crippen LogP contribution in [0.1, 0.15) is 6.42 Å². The van der Waals surface area contributed by atoms with Crippen LogP contribution in [0.5, 0.6) is 0 Å². The van der Waals surface area contributed by atoms with Gasteiger partial charge in [-0.3, -0.25) is 4.68 Å². The van der Waals surface area contributed by atoms with E-state index < -0.39 is 11.5 Å². The number of nitrogens with one attached hydrogen (secondary N) is 1. The number of rotatable bonds is 3. The van der Waals surface area contributed by atoms with E-state index in [0.29, 0.717) is 29.9 Å². The van der Waals surface area contributed by atoms with Crippen LogP contribution in [-0.4, -0.2) is 49.6 Å². The molecule has 3 rings (SSSR count). The van der Waals surface area contributed by atoms with Crippen molar-refractivity contribution in [3.8, 4) is 0 Å². The molecule has 8 nitrogen and oxygen atoms in total. The molecular formula is C11H13N5O3. The number of carboxylic acids is 1. The SMILES string of the molecule is Cn1ncc2c(NC3(C(=O)O)CCOC3)ncnc21. The number of fused-ring (bicyclic) bond motifs is 1. The number of hydrogen-bond acceptors (Lipinski definition) is 6. The number of aliphatic carboxylic acids is 1. The fraction of sp³-hybridized carbons (Fsp3) is 0.455. The van der Waals surface area contributed by atoms with E-state index in [-0.39, 0.29) is 6.61 Å². The molecule has 1 atom stereocenters. The standard InChI is InChI=1S/C11H13N5O3/c1-16-9-7(4-14-16)8(12-6-13-9)15-11(10(17)18)2-3-19-5-11/h4,6H,2-3,5H2,1H3,(H,17,18)(H,12,13,15). The van der Waals surface area contributed by atoms with Crippen molar-refractivity contribution in [1.82, 2.24) is 19.7 Å². The third-order valence-corrected chi connectivity index (χ3v) is 3.32. The van der Waals surface area contributed by atoms with Crippen LogP contribution < -0.4 is 5.32 Å². The van der Waals surface area contributed by atoms with Gasteiger partial charge in [0.2, 0.25) is 0 Å².